The average molecular weight is 264 g/mol. The summed E-state index contributed by atoms with van der Waals surface area (Å²) in [5, 5.41) is 2.75. The summed E-state index contributed by atoms with van der Waals surface area (Å²) in [5.41, 5.74) is 0. The Morgan fingerprint density at radius 1 is 1.29 bits per heavy atom. The molecule has 1 amide bonds. The van der Waals surface area contributed by atoms with E-state index in [1.165, 1.54) is 10.6 Å². The second-order valence-electron chi connectivity index (χ2n) is 4.60. The Hall–Kier alpha value is -0.620. The van der Waals surface area contributed by atoms with Crippen molar-refractivity contribution in [2.45, 2.75) is 52.6 Å². The highest BCUT2D eigenvalue weighted by molar-refractivity contribution is 7.88. The predicted molar refractivity (Wildman–Crippen MR) is 69.2 cm³/mol. The largest absolute Gasteiger partial charge is 0.354 e. The molecule has 0 aromatic carbocycles. The number of carbonyl (C=O) groups is 1. The first-order chi connectivity index (χ1) is 7.68. The Morgan fingerprint density at radius 2 is 1.82 bits per heavy atom. The maximum atomic E-state index is 11.6. The van der Waals surface area contributed by atoms with Crippen LogP contribution in [0.3, 0.4) is 0 Å². The van der Waals surface area contributed by atoms with Crippen LogP contribution in [0.1, 0.15) is 40.5 Å². The highest BCUT2D eigenvalue weighted by atomic mass is 32.2. The van der Waals surface area contributed by atoms with Gasteiger partial charge in [0.05, 0.1) is 6.26 Å². The molecule has 1 N–H and O–H groups in total. The van der Waals surface area contributed by atoms with E-state index in [0.29, 0.717) is 0 Å². The highest BCUT2D eigenvalue weighted by Gasteiger charge is 2.22. The lowest BCUT2D eigenvalue weighted by molar-refractivity contribution is -0.121. The van der Waals surface area contributed by atoms with Gasteiger partial charge < -0.3 is 5.32 Å². The summed E-state index contributed by atoms with van der Waals surface area (Å²) in [6, 6.07) is 0.00892. The first-order valence-electron chi connectivity index (χ1n) is 5.94. The van der Waals surface area contributed by atoms with Crippen molar-refractivity contribution >= 4 is 15.9 Å². The van der Waals surface area contributed by atoms with Gasteiger partial charge in [-0.1, -0.05) is 6.92 Å². The van der Waals surface area contributed by atoms with E-state index >= 15 is 0 Å². The molecule has 0 aromatic heterocycles. The maximum Gasteiger partial charge on any atom is 0.221 e. The second-order valence-corrected chi connectivity index (χ2v) is 6.54. The van der Waals surface area contributed by atoms with Crippen molar-refractivity contribution in [1.29, 1.82) is 0 Å². The smallest absolute Gasteiger partial charge is 0.221 e. The van der Waals surface area contributed by atoms with Crippen LogP contribution in [0, 0.1) is 0 Å². The molecule has 0 rings (SSSR count). The molecule has 0 saturated carbocycles. The fourth-order valence-corrected chi connectivity index (χ4v) is 2.75. The van der Waals surface area contributed by atoms with Crippen LogP contribution in [0.15, 0.2) is 0 Å². The van der Waals surface area contributed by atoms with Crippen molar-refractivity contribution in [3.05, 3.63) is 0 Å². The molecular formula is C11H24N2O3S. The molecule has 0 fully saturated rings. The Morgan fingerprint density at radius 3 is 2.18 bits per heavy atom. The van der Waals surface area contributed by atoms with Gasteiger partial charge in [0.15, 0.2) is 0 Å². The topological polar surface area (TPSA) is 66.5 Å². The van der Waals surface area contributed by atoms with Gasteiger partial charge >= 0.3 is 0 Å². The Bertz CT molecular complexity index is 339. The Balaban J connectivity index is 4.43. The zero-order valence-electron chi connectivity index (χ0n) is 11.4. The third kappa shape index (κ3) is 6.63. The number of rotatable bonds is 7. The fraction of sp³-hybridized carbons (Fsp3) is 0.909. The van der Waals surface area contributed by atoms with Gasteiger partial charge in [-0.25, -0.2) is 8.42 Å². The van der Waals surface area contributed by atoms with Crippen molar-refractivity contribution in [3.63, 3.8) is 0 Å². The first kappa shape index (κ1) is 16.4. The highest BCUT2D eigenvalue weighted by Crippen LogP contribution is 2.09. The minimum absolute atomic E-state index is 0.0724. The van der Waals surface area contributed by atoms with Crippen molar-refractivity contribution in [1.82, 2.24) is 9.62 Å². The number of hydrogen-bond acceptors (Lipinski definition) is 3. The molecule has 0 saturated heterocycles. The van der Waals surface area contributed by atoms with Gasteiger partial charge in [-0.2, -0.15) is 4.31 Å². The molecule has 102 valence electrons. The minimum atomic E-state index is -3.25. The molecule has 5 nitrogen and oxygen atoms in total. The SMILES string of the molecule is CCC(C)N(CCC(=O)NC(C)C)S(C)(=O)=O. The molecule has 0 aliphatic rings. The van der Waals surface area contributed by atoms with Crippen LogP contribution in [0.2, 0.25) is 0 Å². The van der Waals surface area contributed by atoms with Crippen LogP contribution >= 0.6 is 0 Å². The van der Waals surface area contributed by atoms with Crippen LogP contribution in [-0.4, -0.2) is 43.5 Å². The third-order valence-electron chi connectivity index (χ3n) is 2.52. The molecule has 1 unspecified atom stereocenters. The van der Waals surface area contributed by atoms with Crippen LogP contribution in [0.25, 0.3) is 0 Å². The van der Waals surface area contributed by atoms with Gasteiger partial charge in [-0.3, -0.25) is 4.79 Å². The molecule has 0 aromatic rings. The summed E-state index contributed by atoms with van der Waals surface area (Å²) in [6.45, 7) is 7.77. The van der Waals surface area contributed by atoms with E-state index in [1.807, 2.05) is 27.7 Å². The molecule has 17 heavy (non-hydrogen) atoms. The molecule has 1 atom stereocenters. The summed E-state index contributed by atoms with van der Waals surface area (Å²) in [5.74, 6) is -0.114. The first-order valence-corrected chi connectivity index (χ1v) is 7.79. The molecular weight excluding hydrogens is 240 g/mol. The fourth-order valence-electron chi connectivity index (χ4n) is 1.52. The van der Waals surface area contributed by atoms with Crippen LogP contribution in [-0.2, 0) is 14.8 Å². The van der Waals surface area contributed by atoms with Gasteiger partial charge in [-0.15, -0.1) is 0 Å². The number of hydrogen-bond donors (Lipinski definition) is 1. The van der Waals surface area contributed by atoms with E-state index in [9.17, 15) is 13.2 Å². The van der Waals surface area contributed by atoms with E-state index < -0.39 is 10.0 Å². The molecule has 0 aliphatic carbocycles. The number of amides is 1. The van der Waals surface area contributed by atoms with Crippen molar-refractivity contribution in [2.75, 3.05) is 12.8 Å². The van der Waals surface area contributed by atoms with E-state index in [2.05, 4.69) is 5.32 Å². The second kappa shape index (κ2) is 6.96. The average Bonchev–Trinajstić information content (AvgIpc) is 2.14. The summed E-state index contributed by atoms with van der Waals surface area (Å²) in [7, 11) is -3.25. The van der Waals surface area contributed by atoms with Crippen molar-refractivity contribution in [3.8, 4) is 0 Å². The van der Waals surface area contributed by atoms with E-state index in [4.69, 9.17) is 0 Å². The lowest BCUT2D eigenvalue weighted by atomic mass is 10.2. The zero-order valence-corrected chi connectivity index (χ0v) is 12.2. The summed E-state index contributed by atoms with van der Waals surface area (Å²) in [6.07, 6.45) is 2.12. The lowest BCUT2D eigenvalue weighted by Crippen LogP contribution is -2.41. The van der Waals surface area contributed by atoms with Crippen LogP contribution < -0.4 is 5.32 Å². The number of nitrogens with one attached hydrogen (secondary N) is 1. The number of sulfonamides is 1. The Kier molecular flexibility index (Phi) is 6.70. The molecule has 0 aliphatic heterocycles. The van der Waals surface area contributed by atoms with Crippen LogP contribution in [0.4, 0.5) is 0 Å². The molecule has 0 spiro atoms. The number of carbonyl (C=O) groups excluding carboxylic acids is 1. The molecule has 0 heterocycles. The summed E-state index contributed by atoms with van der Waals surface area (Å²) >= 11 is 0. The quantitative estimate of drug-likeness (QED) is 0.745. The third-order valence-corrected chi connectivity index (χ3v) is 3.91. The predicted octanol–water partition coefficient (Wildman–Crippen LogP) is 0.961. The standard InChI is InChI=1S/C11H24N2O3S/c1-6-10(4)13(17(5,15)16)8-7-11(14)12-9(2)3/h9-10H,6-8H2,1-5H3,(H,12,14). The van der Waals surface area contributed by atoms with E-state index in [0.717, 1.165) is 6.42 Å². The Labute approximate surface area is 105 Å². The molecule has 0 radical (unpaired) electrons. The molecule has 0 bridgehead atoms. The summed E-state index contributed by atoms with van der Waals surface area (Å²) in [4.78, 5) is 11.5. The monoisotopic (exact) mass is 264 g/mol. The maximum absolute atomic E-state index is 11.6. The van der Waals surface area contributed by atoms with Gasteiger partial charge in [0, 0.05) is 25.0 Å². The van der Waals surface area contributed by atoms with E-state index in [-0.39, 0.29) is 31.0 Å². The normalized spacial score (nSPS) is 14.1. The van der Waals surface area contributed by atoms with Gasteiger partial charge in [0.1, 0.15) is 0 Å². The zero-order chi connectivity index (χ0) is 13.6. The minimum Gasteiger partial charge on any atom is -0.354 e. The van der Waals surface area contributed by atoms with Gasteiger partial charge in [0.25, 0.3) is 0 Å². The molecule has 6 heteroatoms. The lowest BCUT2D eigenvalue weighted by Gasteiger charge is -2.25. The number of nitrogens with zero attached hydrogens (tertiary/aromatic N) is 1. The van der Waals surface area contributed by atoms with Crippen molar-refractivity contribution in [2.24, 2.45) is 0 Å². The van der Waals surface area contributed by atoms with Gasteiger partial charge in [-0.05, 0) is 27.2 Å². The van der Waals surface area contributed by atoms with Gasteiger partial charge in [0.2, 0.25) is 15.9 Å². The van der Waals surface area contributed by atoms with E-state index in [1.54, 1.807) is 0 Å². The summed E-state index contributed by atoms with van der Waals surface area (Å²) < 4.78 is 24.5. The van der Waals surface area contributed by atoms with Crippen molar-refractivity contribution < 1.29 is 13.2 Å². The van der Waals surface area contributed by atoms with Crippen LogP contribution in [0.5, 0.6) is 0 Å².